The van der Waals surface area contributed by atoms with E-state index >= 15 is 0 Å². The maximum absolute atomic E-state index is 5.84. The summed E-state index contributed by atoms with van der Waals surface area (Å²) in [5.41, 5.74) is 4.29. The minimum atomic E-state index is 0.372. The highest BCUT2D eigenvalue weighted by Gasteiger charge is 2.22. The summed E-state index contributed by atoms with van der Waals surface area (Å²) in [7, 11) is 0. The monoisotopic (exact) mass is 330 g/mol. The van der Waals surface area contributed by atoms with E-state index in [2.05, 4.69) is 46.4 Å². The van der Waals surface area contributed by atoms with Gasteiger partial charge in [0.2, 0.25) is 0 Å². The zero-order valence-electron chi connectivity index (χ0n) is 14.0. The Morgan fingerprint density at radius 1 is 0.960 bits per heavy atom. The van der Waals surface area contributed by atoms with Gasteiger partial charge in [-0.15, -0.1) is 4.99 Å². The predicted molar refractivity (Wildman–Crippen MR) is 101 cm³/mol. The highest BCUT2D eigenvalue weighted by molar-refractivity contribution is 5.90. The number of hydrogen-bond acceptors (Lipinski definition) is 1. The standard InChI is InChI=1S/C21H20N3O/c1-2-4-17(5-3-1)23-21-24-19-13-15(7-9-20(19)25-21)14-6-8-18-16(12-14)10-11-22-18/h6-13,17,22H,1-5H2/q+1. The molecule has 1 aromatic heterocycles. The van der Waals surface area contributed by atoms with Gasteiger partial charge in [-0.25, -0.2) is 0 Å². The molecule has 0 radical (unpaired) electrons. The van der Waals surface area contributed by atoms with Gasteiger partial charge in [0, 0.05) is 17.8 Å². The lowest BCUT2D eigenvalue weighted by Crippen LogP contribution is -2.20. The fourth-order valence-electron chi connectivity index (χ4n) is 3.75. The fourth-order valence-corrected chi connectivity index (χ4v) is 3.75. The van der Waals surface area contributed by atoms with Crippen molar-refractivity contribution in [2.75, 3.05) is 0 Å². The number of nitrogens with one attached hydrogen (secondary N) is 1. The molecule has 25 heavy (non-hydrogen) atoms. The van der Waals surface area contributed by atoms with E-state index in [9.17, 15) is 0 Å². The second-order valence-corrected chi connectivity index (χ2v) is 6.88. The first-order chi connectivity index (χ1) is 12.3. The topological polar surface area (TPSA) is 51.8 Å². The molecule has 3 aromatic rings. The Balaban J connectivity index is 1.51. The van der Waals surface area contributed by atoms with E-state index in [-0.39, 0.29) is 0 Å². The smallest absolute Gasteiger partial charge is 0.361 e. The van der Waals surface area contributed by atoms with Crippen LogP contribution in [0.5, 0.6) is 0 Å². The third kappa shape index (κ3) is 2.78. The molecule has 4 heteroatoms. The van der Waals surface area contributed by atoms with Crippen molar-refractivity contribution in [2.24, 2.45) is 9.98 Å². The molecular weight excluding hydrogens is 310 g/mol. The average Bonchev–Trinajstić information content (AvgIpc) is 3.27. The van der Waals surface area contributed by atoms with E-state index in [1.165, 1.54) is 30.2 Å². The molecule has 0 spiro atoms. The Kier molecular flexibility index (Phi) is 3.47. The molecule has 1 aliphatic carbocycles. The summed E-state index contributed by atoms with van der Waals surface area (Å²) in [5, 5.41) is 2.09. The molecule has 0 bridgehead atoms. The van der Waals surface area contributed by atoms with Crippen LogP contribution >= 0.6 is 0 Å². The number of aromatic amines is 1. The lowest BCUT2D eigenvalue weighted by molar-refractivity contribution is 0.443. The normalized spacial score (nSPS) is 19.0. The number of hydrogen-bond donors (Lipinski definition) is 1. The van der Waals surface area contributed by atoms with Gasteiger partial charge in [-0.1, -0.05) is 25.3 Å². The molecule has 0 saturated heterocycles. The van der Waals surface area contributed by atoms with Gasteiger partial charge in [0.15, 0.2) is 5.36 Å². The van der Waals surface area contributed by atoms with E-state index in [0.717, 1.165) is 34.7 Å². The van der Waals surface area contributed by atoms with Gasteiger partial charge >= 0.3 is 11.5 Å². The van der Waals surface area contributed by atoms with E-state index in [4.69, 9.17) is 9.42 Å². The molecule has 0 unspecified atom stereocenters. The van der Waals surface area contributed by atoms with Crippen molar-refractivity contribution in [1.29, 1.82) is 0 Å². The molecular formula is C21H20N3O+. The summed E-state index contributed by atoms with van der Waals surface area (Å²) in [6, 6.07) is 15.6. The molecule has 2 aromatic carbocycles. The molecule has 1 saturated carbocycles. The van der Waals surface area contributed by atoms with Crippen molar-refractivity contribution < 1.29 is 0 Å². The highest BCUT2D eigenvalue weighted by atomic mass is 16.4. The summed E-state index contributed by atoms with van der Waals surface area (Å²) in [5.74, 6) is 0. The van der Waals surface area contributed by atoms with Crippen LogP contribution in [0.2, 0.25) is 0 Å². The third-order valence-electron chi connectivity index (χ3n) is 5.13. The number of fused-ring (bicyclic) bond motifs is 2. The maximum Gasteiger partial charge on any atom is 0.557 e. The Bertz CT molecular complexity index is 1090. The van der Waals surface area contributed by atoms with Gasteiger partial charge in [0.05, 0.1) is 6.04 Å². The van der Waals surface area contributed by atoms with Crippen LogP contribution in [0.4, 0.5) is 0 Å². The van der Waals surface area contributed by atoms with Crippen molar-refractivity contribution in [2.45, 2.75) is 38.1 Å². The minimum absolute atomic E-state index is 0.372. The van der Waals surface area contributed by atoms with Crippen molar-refractivity contribution in [1.82, 2.24) is 4.98 Å². The molecule has 1 fully saturated rings. The number of H-pyrrole nitrogens is 1. The van der Waals surface area contributed by atoms with E-state index in [1.54, 1.807) is 0 Å². The van der Waals surface area contributed by atoms with Crippen molar-refractivity contribution in [3.63, 3.8) is 0 Å². The quantitative estimate of drug-likeness (QED) is 0.696. The summed E-state index contributed by atoms with van der Waals surface area (Å²) < 4.78 is 5.84. The third-order valence-corrected chi connectivity index (χ3v) is 5.13. The number of rotatable bonds is 2. The first-order valence-electron chi connectivity index (χ1n) is 9.04. The summed E-state index contributed by atoms with van der Waals surface area (Å²) in [6.45, 7) is 0. The molecule has 5 rings (SSSR count). The SMILES string of the molecule is c1cc2cc(-c3ccc4c(c3)=NC(=NC3CCCCC3)[O+]=4)ccc2[nH]1. The van der Waals surface area contributed by atoms with Crippen LogP contribution in [-0.2, 0) is 0 Å². The Morgan fingerprint density at radius 3 is 2.72 bits per heavy atom. The number of benzene rings is 2. The first-order valence-corrected chi connectivity index (χ1v) is 9.04. The van der Waals surface area contributed by atoms with Crippen LogP contribution in [0, 0.1) is 0 Å². The van der Waals surface area contributed by atoms with Gasteiger partial charge < -0.3 is 4.98 Å². The fraction of sp³-hybridized carbons (Fsp3) is 0.286. The summed E-state index contributed by atoms with van der Waals surface area (Å²) in [4.78, 5) is 12.5. The van der Waals surface area contributed by atoms with Gasteiger partial charge in [0.25, 0.3) is 0 Å². The molecule has 0 atom stereocenters. The second-order valence-electron chi connectivity index (χ2n) is 6.88. The molecule has 0 amide bonds. The van der Waals surface area contributed by atoms with Gasteiger partial charge in [-0.3, -0.25) is 0 Å². The van der Waals surface area contributed by atoms with E-state index < -0.39 is 0 Å². The minimum Gasteiger partial charge on any atom is -0.361 e. The number of aromatic nitrogens is 1. The highest BCUT2D eigenvalue weighted by Crippen LogP contribution is 2.23. The van der Waals surface area contributed by atoms with Gasteiger partial charge in [0.1, 0.15) is 0 Å². The number of aliphatic imine (C=N–C) groups is 1. The van der Waals surface area contributed by atoms with Crippen LogP contribution in [0.25, 0.3) is 22.0 Å². The number of nitrogens with zero attached hydrogens (tertiary/aromatic N) is 2. The zero-order valence-corrected chi connectivity index (χ0v) is 14.0. The average molecular weight is 330 g/mol. The van der Waals surface area contributed by atoms with Crippen molar-refractivity contribution >= 4 is 16.9 Å². The van der Waals surface area contributed by atoms with Crippen LogP contribution in [0.15, 0.2) is 63.1 Å². The van der Waals surface area contributed by atoms with Gasteiger partial charge in [-0.05, 0) is 59.7 Å². The summed E-state index contributed by atoms with van der Waals surface area (Å²) >= 11 is 0. The van der Waals surface area contributed by atoms with Crippen LogP contribution in [0.3, 0.4) is 0 Å². The molecule has 1 N–H and O–H groups in total. The zero-order chi connectivity index (χ0) is 16.6. The first kappa shape index (κ1) is 14.6. The lowest BCUT2D eigenvalue weighted by atomic mass is 9.96. The predicted octanol–water partition coefficient (Wildman–Crippen LogP) is 3.77. The maximum atomic E-state index is 5.84. The van der Waals surface area contributed by atoms with Crippen LogP contribution < -0.4 is 10.8 Å². The number of amidine groups is 1. The molecule has 1 aliphatic heterocycles. The lowest BCUT2D eigenvalue weighted by Gasteiger charge is -2.15. The molecule has 4 nitrogen and oxygen atoms in total. The van der Waals surface area contributed by atoms with Crippen molar-refractivity contribution in [3.8, 4) is 11.1 Å². The molecule has 124 valence electrons. The molecule has 2 heterocycles. The van der Waals surface area contributed by atoms with Crippen molar-refractivity contribution in [3.05, 3.63) is 63.9 Å². The van der Waals surface area contributed by atoms with E-state index in [0.29, 0.717) is 12.1 Å². The molecule has 2 aliphatic rings. The largest absolute Gasteiger partial charge is 0.557 e. The van der Waals surface area contributed by atoms with Crippen LogP contribution in [-0.4, -0.2) is 17.0 Å². The van der Waals surface area contributed by atoms with E-state index in [1.807, 2.05) is 12.3 Å². The Labute approximate surface area is 145 Å². The van der Waals surface area contributed by atoms with Crippen LogP contribution in [0.1, 0.15) is 32.1 Å². The Hall–Kier alpha value is -2.75. The Morgan fingerprint density at radius 2 is 1.80 bits per heavy atom. The second kappa shape index (κ2) is 5.96. The van der Waals surface area contributed by atoms with Gasteiger partial charge in [-0.2, -0.15) is 9.42 Å². The summed E-state index contributed by atoms with van der Waals surface area (Å²) in [6.07, 6.45) is 8.13.